The number of urea groups is 1. The molecule has 0 atom stereocenters. The van der Waals surface area contributed by atoms with E-state index in [0.717, 1.165) is 59.2 Å². The summed E-state index contributed by atoms with van der Waals surface area (Å²) >= 11 is 0. The van der Waals surface area contributed by atoms with Crippen molar-refractivity contribution in [2.75, 3.05) is 5.32 Å². The van der Waals surface area contributed by atoms with Crippen LogP contribution in [0.2, 0.25) is 0 Å². The van der Waals surface area contributed by atoms with Crippen LogP contribution in [0.5, 0.6) is 0 Å². The fraction of sp³-hybridized carbons (Fsp3) is 0.261. The zero-order valence-electron chi connectivity index (χ0n) is 16.4. The number of carbonyl (C=O) groups is 1. The average Bonchev–Trinajstić information content (AvgIpc) is 3.18. The number of anilines is 1. The van der Waals surface area contributed by atoms with Crippen LogP contribution in [0.4, 0.5) is 14.9 Å². The number of amides is 2. The van der Waals surface area contributed by atoms with Gasteiger partial charge in [0.05, 0.1) is 5.69 Å². The van der Waals surface area contributed by atoms with Gasteiger partial charge >= 0.3 is 6.03 Å². The van der Waals surface area contributed by atoms with E-state index in [1.54, 1.807) is 11.0 Å². The van der Waals surface area contributed by atoms with Gasteiger partial charge in [-0.1, -0.05) is 18.2 Å². The average molecular weight is 404 g/mol. The van der Waals surface area contributed by atoms with Gasteiger partial charge in [0.2, 0.25) is 0 Å². The maximum Gasteiger partial charge on any atom is 0.322 e. The summed E-state index contributed by atoms with van der Waals surface area (Å²) in [5.41, 5.74) is 5.97. The molecular formula is C23H21FN4O2. The quantitative estimate of drug-likeness (QED) is 0.678. The third kappa shape index (κ3) is 3.36. The van der Waals surface area contributed by atoms with Gasteiger partial charge in [-0.15, -0.1) is 0 Å². The number of nitrogens with zero attached hydrogens (tertiary/aromatic N) is 2. The number of fused-ring (bicyclic) bond motifs is 2. The maximum atomic E-state index is 13.4. The van der Waals surface area contributed by atoms with Gasteiger partial charge in [-0.05, 0) is 66.6 Å². The number of benzene rings is 2. The first-order valence-corrected chi connectivity index (χ1v) is 10.1. The zero-order chi connectivity index (χ0) is 20.7. The fourth-order valence-corrected chi connectivity index (χ4v) is 4.32. The lowest BCUT2D eigenvalue weighted by Gasteiger charge is -2.18. The topological polar surface area (TPSA) is 78.1 Å². The highest BCUT2D eigenvalue weighted by Crippen LogP contribution is 2.29. The Morgan fingerprint density at radius 2 is 1.73 bits per heavy atom. The molecule has 0 fully saturated rings. The third-order valence-corrected chi connectivity index (χ3v) is 5.88. The third-order valence-electron chi connectivity index (χ3n) is 5.88. The molecule has 2 aromatic carbocycles. The van der Waals surface area contributed by atoms with E-state index in [1.807, 2.05) is 24.3 Å². The Morgan fingerprint density at radius 3 is 2.53 bits per heavy atom. The molecule has 0 unspecified atom stereocenters. The van der Waals surface area contributed by atoms with E-state index in [4.69, 9.17) is 0 Å². The Labute approximate surface area is 172 Å². The van der Waals surface area contributed by atoms with Gasteiger partial charge in [-0.3, -0.25) is 4.79 Å². The Kier molecular flexibility index (Phi) is 4.58. The monoisotopic (exact) mass is 404 g/mol. The maximum absolute atomic E-state index is 13.4. The molecule has 5 rings (SSSR count). The molecule has 2 N–H and O–H groups in total. The summed E-state index contributed by atoms with van der Waals surface area (Å²) in [5, 5.41) is 9.79. The SMILES string of the molecule is O=C(Nc1ccc(-c2n[nH]c(=O)c3c2CCCC3)cc1)N1Cc2ccc(F)cc2C1. The molecule has 0 bridgehead atoms. The normalized spacial score (nSPS) is 14.9. The van der Waals surface area contributed by atoms with Gasteiger partial charge in [0.15, 0.2) is 0 Å². The lowest BCUT2D eigenvalue weighted by molar-refractivity contribution is 0.212. The number of aromatic nitrogens is 2. The van der Waals surface area contributed by atoms with Crippen LogP contribution in [-0.4, -0.2) is 21.1 Å². The molecule has 0 saturated heterocycles. The standard InChI is InChI=1S/C23H21FN4O2/c24-17-8-5-15-12-28(13-16(15)11-17)23(30)25-18-9-6-14(7-10-18)21-19-3-1-2-4-20(19)22(29)27-26-21/h5-11H,1-4,12-13H2,(H,25,30)(H,27,29). The predicted octanol–water partition coefficient (Wildman–Crippen LogP) is 4.00. The van der Waals surface area contributed by atoms with Crippen LogP contribution in [-0.2, 0) is 25.9 Å². The van der Waals surface area contributed by atoms with E-state index in [9.17, 15) is 14.0 Å². The highest BCUT2D eigenvalue weighted by Gasteiger charge is 2.24. The second-order valence-corrected chi connectivity index (χ2v) is 7.84. The Morgan fingerprint density at radius 1 is 1.00 bits per heavy atom. The van der Waals surface area contributed by atoms with Crippen molar-refractivity contribution in [1.29, 1.82) is 0 Å². The van der Waals surface area contributed by atoms with Crippen molar-refractivity contribution in [2.45, 2.75) is 38.8 Å². The number of H-pyrrole nitrogens is 1. The summed E-state index contributed by atoms with van der Waals surface area (Å²) in [6.45, 7) is 0.859. The van der Waals surface area contributed by atoms with E-state index in [0.29, 0.717) is 18.8 Å². The van der Waals surface area contributed by atoms with Crippen LogP contribution in [0, 0.1) is 5.82 Å². The molecule has 2 amide bonds. The minimum atomic E-state index is -0.287. The van der Waals surface area contributed by atoms with E-state index >= 15 is 0 Å². The molecule has 1 aliphatic heterocycles. The molecule has 0 spiro atoms. The van der Waals surface area contributed by atoms with Gasteiger partial charge in [0, 0.05) is 29.9 Å². The van der Waals surface area contributed by atoms with Crippen LogP contribution in [0.3, 0.4) is 0 Å². The summed E-state index contributed by atoms with van der Waals surface area (Å²) in [4.78, 5) is 26.3. The van der Waals surface area contributed by atoms with Crippen LogP contribution < -0.4 is 10.9 Å². The molecule has 6 nitrogen and oxygen atoms in total. The zero-order valence-corrected chi connectivity index (χ0v) is 16.4. The predicted molar refractivity (Wildman–Crippen MR) is 112 cm³/mol. The van der Waals surface area contributed by atoms with Crippen LogP contribution in [0.1, 0.15) is 35.1 Å². The van der Waals surface area contributed by atoms with E-state index in [1.165, 1.54) is 12.1 Å². The first-order valence-electron chi connectivity index (χ1n) is 10.1. The van der Waals surface area contributed by atoms with Crippen molar-refractivity contribution >= 4 is 11.7 Å². The van der Waals surface area contributed by atoms with Crippen LogP contribution in [0.25, 0.3) is 11.3 Å². The lowest BCUT2D eigenvalue weighted by atomic mass is 9.90. The molecule has 1 aromatic heterocycles. The number of nitrogens with one attached hydrogen (secondary N) is 2. The number of carbonyl (C=O) groups excluding carboxylic acids is 1. The molecule has 2 heterocycles. The minimum Gasteiger partial charge on any atom is -0.316 e. The molecule has 7 heteroatoms. The summed E-state index contributed by atoms with van der Waals surface area (Å²) < 4.78 is 13.4. The van der Waals surface area contributed by atoms with Crippen molar-refractivity contribution < 1.29 is 9.18 Å². The van der Waals surface area contributed by atoms with E-state index in [-0.39, 0.29) is 17.4 Å². The molecule has 0 radical (unpaired) electrons. The number of halogens is 1. The second kappa shape index (κ2) is 7.40. The van der Waals surface area contributed by atoms with Crippen molar-refractivity contribution in [1.82, 2.24) is 15.1 Å². The van der Waals surface area contributed by atoms with Crippen molar-refractivity contribution in [2.24, 2.45) is 0 Å². The molecular weight excluding hydrogens is 383 g/mol. The summed E-state index contributed by atoms with van der Waals surface area (Å²) in [6, 6.07) is 11.9. The number of hydrogen-bond acceptors (Lipinski definition) is 3. The number of aromatic amines is 1. The molecule has 30 heavy (non-hydrogen) atoms. The highest BCUT2D eigenvalue weighted by molar-refractivity contribution is 5.90. The summed E-state index contributed by atoms with van der Waals surface area (Å²) in [7, 11) is 0. The number of hydrogen-bond donors (Lipinski definition) is 2. The Bertz CT molecular complexity index is 1190. The van der Waals surface area contributed by atoms with Gasteiger partial charge in [0.25, 0.3) is 5.56 Å². The largest absolute Gasteiger partial charge is 0.322 e. The second-order valence-electron chi connectivity index (χ2n) is 7.84. The van der Waals surface area contributed by atoms with Gasteiger partial charge in [0.1, 0.15) is 5.82 Å². The smallest absolute Gasteiger partial charge is 0.316 e. The van der Waals surface area contributed by atoms with Crippen LogP contribution >= 0.6 is 0 Å². The van der Waals surface area contributed by atoms with Crippen molar-refractivity contribution in [3.05, 3.63) is 80.9 Å². The van der Waals surface area contributed by atoms with E-state index < -0.39 is 0 Å². The van der Waals surface area contributed by atoms with Crippen molar-refractivity contribution in [3.8, 4) is 11.3 Å². The molecule has 1 aliphatic carbocycles. The van der Waals surface area contributed by atoms with Crippen LogP contribution in [0.15, 0.2) is 47.3 Å². The molecule has 0 saturated carbocycles. The summed E-state index contributed by atoms with van der Waals surface area (Å²) in [6.07, 6.45) is 3.73. The number of rotatable bonds is 2. The van der Waals surface area contributed by atoms with Gasteiger partial charge < -0.3 is 10.2 Å². The van der Waals surface area contributed by atoms with Gasteiger partial charge in [-0.25, -0.2) is 14.3 Å². The fourth-order valence-electron chi connectivity index (χ4n) is 4.32. The van der Waals surface area contributed by atoms with Gasteiger partial charge in [-0.2, -0.15) is 5.10 Å². The molecule has 2 aliphatic rings. The first kappa shape index (κ1) is 18.5. The molecule has 152 valence electrons. The van der Waals surface area contributed by atoms with Crippen molar-refractivity contribution in [3.63, 3.8) is 0 Å². The highest BCUT2D eigenvalue weighted by atomic mass is 19.1. The minimum absolute atomic E-state index is 0.0937. The Hall–Kier alpha value is -3.48. The summed E-state index contributed by atoms with van der Waals surface area (Å²) in [5.74, 6) is -0.287. The lowest BCUT2D eigenvalue weighted by Crippen LogP contribution is -2.30. The first-order chi connectivity index (χ1) is 14.6. The Balaban J connectivity index is 1.32. The molecule has 3 aromatic rings. The van der Waals surface area contributed by atoms with E-state index in [2.05, 4.69) is 15.5 Å².